The lowest BCUT2D eigenvalue weighted by Crippen LogP contribution is -2.23. The fourth-order valence-electron chi connectivity index (χ4n) is 1.85. The molecule has 0 saturated heterocycles. The number of carbonyl (C=O) groups excluding carboxylic acids is 1. The molecule has 0 unspecified atom stereocenters. The summed E-state index contributed by atoms with van der Waals surface area (Å²) in [5.74, 6) is 0. The largest absolute Gasteiger partial charge is 0.361 e. The average Bonchev–Trinajstić information content (AvgIpc) is 2.72. The molecule has 0 aliphatic heterocycles. The predicted octanol–water partition coefficient (Wildman–Crippen LogP) is 1.14. The van der Waals surface area contributed by atoms with E-state index < -0.39 is 11.0 Å². The fourth-order valence-corrected chi connectivity index (χ4v) is 1.85. The molecule has 1 heterocycles. The normalized spacial score (nSPS) is 12.5. The van der Waals surface area contributed by atoms with Gasteiger partial charge in [0.2, 0.25) is 0 Å². The molecular formula is C11H11N3O3. The van der Waals surface area contributed by atoms with E-state index in [2.05, 4.69) is 4.98 Å². The number of non-ortho nitro benzene ring substituents is 1. The summed E-state index contributed by atoms with van der Waals surface area (Å²) in [5.41, 5.74) is 6.91. The van der Waals surface area contributed by atoms with Crippen LogP contribution in [0.25, 0.3) is 10.9 Å². The summed E-state index contributed by atoms with van der Waals surface area (Å²) in [6.45, 7) is 0. The highest BCUT2D eigenvalue weighted by Gasteiger charge is 2.17. The van der Waals surface area contributed by atoms with Gasteiger partial charge in [0.05, 0.1) is 21.9 Å². The molecule has 3 N–H and O–H groups in total. The van der Waals surface area contributed by atoms with Crippen LogP contribution in [0.1, 0.15) is 5.56 Å². The van der Waals surface area contributed by atoms with Gasteiger partial charge in [-0.15, -0.1) is 0 Å². The van der Waals surface area contributed by atoms with Gasteiger partial charge in [0, 0.05) is 12.3 Å². The highest BCUT2D eigenvalue weighted by atomic mass is 16.6. The number of nitro groups is 1. The van der Waals surface area contributed by atoms with Crippen molar-refractivity contribution in [3.8, 4) is 0 Å². The number of nitrogens with zero attached hydrogens (tertiary/aromatic N) is 1. The van der Waals surface area contributed by atoms with Crippen molar-refractivity contribution in [2.75, 3.05) is 0 Å². The zero-order chi connectivity index (χ0) is 12.4. The molecule has 0 saturated carbocycles. The molecule has 1 aromatic heterocycles. The number of fused-ring (bicyclic) bond motifs is 1. The van der Waals surface area contributed by atoms with Gasteiger partial charge in [0.25, 0.3) is 5.69 Å². The lowest BCUT2D eigenvalue weighted by atomic mass is 10.1. The molecule has 0 spiro atoms. The van der Waals surface area contributed by atoms with Gasteiger partial charge in [-0.2, -0.15) is 0 Å². The van der Waals surface area contributed by atoms with Crippen molar-refractivity contribution in [1.82, 2.24) is 4.98 Å². The number of benzene rings is 1. The Morgan fingerprint density at radius 1 is 1.53 bits per heavy atom. The molecule has 17 heavy (non-hydrogen) atoms. The number of aldehydes is 1. The van der Waals surface area contributed by atoms with Crippen LogP contribution >= 0.6 is 0 Å². The molecule has 0 aliphatic carbocycles. The standard InChI is InChI=1S/C11H11N3O3/c12-8(6-15)4-7-5-13-9-2-1-3-10(11(7)9)14(16)17/h1-3,5-6,8,13H,4,12H2/t8-/m0/s1. The number of aromatic amines is 1. The first-order valence-corrected chi connectivity index (χ1v) is 5.07. The molecular weight excluding hydrogens is 222 g/mol. The number of hydrogen-bond acceptors (Lipinski definition) is 4. The van der Waals surface area contributed by atoms with Gasteiger partial charge >= 0.3 is 0 Å². The Kier molecular flexibility index (Phi) is 2.88. The fraction of sp³-hybridized carbons (Fsp3) is 0.182. The average molecular weight is 233 g/mol. The number of nitrogens with one attached hydrogen (secondary N) is 1. The first kappa shape index (κ1) is 11.3. The van der Waals surface area contributed by atoms with Gasteiger partial charge in [0.15, 0.2) is 0 Å². The molecule has 0 fully saturated rings. The monoisotopic (exact) mass is 233 g/mol. The highest BCUT2D eigenvalue weighted by molar-refractivity contribution is 5.92. The molecule has 0 amide bonds. The Morgan fingerprint density at radius 2 is 2.29 bits per heavy atom. The van der Waals surface area contributed by atoms with E-state index in [1.807, 2.05) is 0 Å². The van der Waals surface area contributed by atoms with Crippen LogP contribution in [0.4, 0.5) is 5.69 Å². The number of carbonyl (C=O) groups is 1. The lowest BCUT2D eigenvalue weighted by molar-refractivity contribution is -0.383. The van der Waals surface area contributed by atoms with Crippen LogP contribution in [-0.4, -0.2) is 22.2 Å². The molecule has 2 rings (SSSR count). The van der Waals surface area contributed by atoms with Crippen LogP contribution in [0.15, 0.2) is 24.4 Å². The molecule has 2 aromatic rings. The molecule has 0 radical (unpaired) electrons. The molecule has 6 heteroatoms. The molecule has 88 valence electrons. The Labute approximate surface area is 96.6 Å². The maximum absolute atomic E-state index is 10.9. The lowest BCUT2D eigenvalue weighted by Gasteiger charge is -2.02. The van der Waals surface area contributed by atoms with Crippen LogP contribution in [-0.2, 0) is 11.2 Å². The first-order chi connectivity index (χ1) is 8.13. The topological polar surface area (TPSA) is 102 Å². The maximum Gasteiger partial charge on any atom is 0.279 e. The number of rotatable bonds is 4. The SMILES string of the molecule is N[C@H](C=O)Cc1c[nH]c2cccc([N+](=O)[O-])c12. The molecule has 0 bridgehead atoms. The minimum atomic E-state index is -0.645. The molecule has 1 atom stereocenters. The molecule has 6 nitrogen and oxygen atoms in total. The van der Waals surface area contributed by atoms with E-state index in [0.29, 0.717) is 22.8 Å². The van der Waals surface area contributed by atoms with Crippen LogP contribution in [0.2, 0.25) is 0 Å². The van der Waals surface area contributed by atoms with Crippen molar-refractivity contribution >= 4 is 22.9 Å². The highest BCUT2D eigenvalue weighted by Crippen LogP contribution is 2.28. The van der Waals surface area contributed by atoms with E-state index in [4.69, 9.17) is 5.73 Å². The Bertz CT molecular complexity index is 576. The zero-order valence-corrected chi connectivity index (χ0v) is 8.92. The van der Waals surface area contributed by atoms with E-state index in [9.17, 15) is 14.9 Å². The van der Waals surface area contributed by atoms with E-state index >= 15 is 0 Å². The molecule has 1 aromatic carbocycles. The Balaban J connectivity index is 2.57. The summed E-state index contributed by atoms with van der Waals surface area (Å²) in [6.07, 6.45) is 2.57. The zero-order valence-electron chi connectivity index (χ0n) is 8.92. The summed E-state index contributed by atoms with van der Waals surface area (Å²) in [4.78, 5) is 23.9. The van der Waals surface area contributed by atoms with Gasteiger partial charge in [-0.25, -0.2) is 0 Å². The van der Waals surface area contributed by atoms with Crippen molar-refractivity contribution in [2.24, 2.45) is 5.73 Å². The maximum atomic E-state index is 10.9. The van der Waals surface area contributed by atoms with E-state index in [1.165, 1.54) is 6.07 Å². The second-order valence-corrected chi connectivity index (χ2v) is 3.77. The van der Waals surface area contributed by atoms with Gasteiger partial charge in [0.1, 0.15) is 6.29 Å². The van der Waals surface area contributed by atoms with Crippen LogP contribution in [0.5, 0.6) is 0 Å². The van der Waals surface area contributed by atoms with E-state index in [1.54, 1.807) is 18.3 Å². The van der Waals surface area contributed by atoms with Crippen molar-refractivity contribution in [3.63, 3.8) is 0 Å². The first-order valence-electron chi connectivity index (χ1n) is 5.07. The van der Waals surface area contributed by atoms with E-state index in [0.717, 1.165) is 0 Å². The summed E-state index contributed by atoms with van der Waals surface area (Å²) < 4.78 is 0. The predicted molar refractivity (Wildman–Crippen MR) is 62.7 cm³/mol. The Hall–Kier alpha value is -2.21. The number of nitrogens with two attached hydrogens (primary N) is 1. The Morgan fingerprint density at radius 3 is 2.94 bits per heavy atom. The quantitative estimate of drug-likeness (QED) is 0.469. The smallest absolute Gasteiger partial charge is 0.279 e. The van der Waals surface area contributed by atoms with E-state index in [-0.39, 0.29) is 12.1 Å². The van der Waals surface area contributed by atoms with Crippen molar-refractivity contribution in [2.45, 2.75) is 12.5 Å². The van der Waals surface area contributed by atoms with Crippen LogP contribution < -0.4 is 5.73 Å². The summed E-state index contributed by atoms with van der Waals surface area (Å²) in [6, 6.07) is 4.15. The van der Waals surface area contributed by atoms with Crippen LogP contribution in [0.3, 0.4) is 0 Å². The van der Waals surface area contributed by atoms with Crippen LogP contribution in [0, 0.1) is 10.1 Å². The third-order valence-corrected chi connectivity index (χ3v) is 2.59. The molecule has 0 aliphatic rings. The third kappa shape index (κ3) is 2.02. The number of H-pyrrole nitrogens is 1. The minimum Gasteiger partial charge on any atom is -0.361 e. The number of nitro benzene ring substituents is 1. The second-order valence-electron chi connectivity index (χ2n) is 3.77. The third-order valence-electron chi connectivity index (χ3n) is 2.59. The van der Waals surface area contributed by atoms with Gasteiger partial charge < -0.3 is 15.5 Å². The van der Waals surface area contributed by atoms with Crippen molar-refractivity contribution in [3.05, 3.63) is 40.1 Å². The number of hydrogen-bond donors (Lipinski definition) is 2. The summed E-state index contributed by atoms with van der Waals surface area (Å²) in [5, 5.41) is 11.4. The van der Waals surface area contributed by atoms with Crippen molar-refractivity contribution < 1.29 is 9.72 Å². The summed E-state index contributed by atoms with van der Waals surface area (Å²) >= 11 is 0. The second kappa shape index (κ2) is 4.34. The van der Waals surface area contributed by atoms with Gasteiger partial charge in [-0.05, 0) is 18.1 Å². The van der Waals surface area contributed by atoms with Gasteiger partial charge in [-0.3, -0.25) is 10.1 Å². The summed E-state index contributed by atoms with van der Waals surface area (Å²) in [7, 11) is 0. The van der Waals surface area contributed by atoms with Crippen molar-refractivity contribution in [1.29, 1.82) is 0 Å². The number of aromatic nitrogens is 1. The minimum absolute atomic E-state index is 0.0249. The van der Waals surface area contributed by atoms with Gasteiger partial charge in [-0.1, -0.05) is 6.07 Å².